The monoisotopic (exact) mass is 265 g/mol. The molecular weight excluding hydrogens is 245 g/mol. The number of anilines is 1. The van der Waals surface area contributed by atoms with Crippen LogP contribution in [0.4, 0.5) is 10.2 Å². The first-order valence-electron chi connectivity index (χ1n) is 6.54. The van der Waals surface area contributed by atoms with Gasteiger partial charge in [0.25, 0.3) is 0 Å². The van der Waals surface area contributed by atoms with Crippen molar-refractivity contribution in [3.8, 4) is 0 Å². The van der Waals surface area contributed by atoms with Crippen LogP contribution in [-0.4, -0.2) is 29.5 Å². The summed E-state index contributed by atoms with van der Waals surface area (Å²) in [6.45, 7) is 7.33. The summed E-state index contributed by atoms with van der Waals surface area (Å²) < 4.78 is 12.8. The van der Waals surface area contributed by atoms with Crippen LogP contribution in [0.3, 0.4) is 0 Å². The number of pyridine rings is 1. The number of carbonyl (C=O) groups is 1. The van der Waals surface area contributed by atoms with E-state index in [0.717, 1.165) is 18.8 Å². The average molecular weight is 265 g/mol. The lowest BCUT2D eigenvalue weighted by Crippen LogP contribution is -2.44. The fraction of sp³-hybridized carbons (Fsp3) is 0.571. The number of carbonyl (C=O) groups excluding carboxylic acids is 1. The molecule has 0 saturated carbocycles. The van der Waals surface area contributed by atoms with Gasteiger partial charge in [0.1, 0.15) is 11.6 Å². The first-order valence-corrected chi connectivity index (χ1v) is 6.54. The molecule has 1 amide bonds. The Morgan fingerprint density at radius 1 is 1.47 bits per heavy atom. The van der Waals surface area contributed by atoms with Gasteiger partial charge in [-0.05, 0) is 39.3 Å². The third kappa shape index (κ3) is 3.66. The molecule has 104 valence electrons. The molecule has 1 aliphatic heterocycles. The van der Waals surface area contributed by atoms with E-state index in [1.54, 1.807) is 6.07 Å². The minimum atomic E-state index is -0.343. The molecule has 1 saturated heterocycles. The highest BCUT2D eigenvalue weighted by Gasteiger charge is 2.30. The number of nitrogens with zero attached hydrogens (tertiary/aromatic N) is 2. The molecule has 0 aliphatic carbocycles. The Balaban J connectivity index is 1.96. The van der Waals surface area contributed by atoms with Gasteiger partial charge in [-0.15, -0.1) is 0 Å². The van der Waals surface area contributed by atoms with Gasteiger partial charge in [0, 0.05) is 18.6 Å². The van der Waals surface area contributed by atoms with Gasteiger partial charge in [-0.25, -0.2) is 9.37 Å². The Labute approximate surface area is 113 Å². The molecule has 1 aliphatic rings. The summed E-state index contributed by atoms with van der Waals surface area (Å²) in [6.07, 6.45) is 2.01. The number of aromatic nitrogens is 1. The predicted molar refractivity (Wildman–Crippen MR) is 72.4 cm³/mol. The van der Waals surface area contributed by atoms with Crippen molar-refractivity contribution in [1.82, 2.24) is 10.3 Å². The van der Waals surface area contributed by atoms with Gasteiger partial charge in [0.2, 0.25) is 5.91 Å². The lowest BCUT2D eigenvalue weighted by molar-refractivity contribution is -0.125. The predicted octanol–water partition coefficient (Wildman–Crippen LogP) is 1.96. The number of amides is 1. The van der Waals surface area contributed by atoms with Crippen LogP contribution < -0.4 is 10.2 Å². The van der Waals surface area contributed by atoms with E-state index >= 15 is 0 Å². The standard InChI is InChI=1S/C14H20FN3O/c1-14(2,3)17-13(19)10-6-7-18(9-10)12-5-4-11(15)8-16-12/h4-5,8,10H,6-7,9H2,1-3H3,(H,17,19). The van der Waals surface area contributed by atoms with Crippen LogP contribution in [0.15, 0.2) is 18.3 Å². The molecule has 1 atom stereocenters. The van der Waals surface area contributed by atoms with Crippen molar-refractivity contribution >= 4 is 11.7 Å². The summed E-state index contributed by atoms with van der Waals surface area (Å²) >= 11 is 0. The summed E-state index contributed by atoms with van der Waals surface area (Å²) in [5.41, 5.74) is -0.210. The maximum atomic E-state index is 12.8. The first-order chi connectivity index (χ1) is 8.85. The third-order valence-electron chi connectivity index (χ3n) is 3.09. The Morgan fingerprint density at radius 3 is 2.79 bits per heavy atom. The molecular formula is C14H20FN3O. The fourth-order valence-electron chi connectivity index (χ4n) is 2.21. The van der Waals surface area contributed by atoms with Gasteiger partial charge in [0.05, 0.1) is 12.1 Å². The van der Waals surface area contributed by atoms with Gasteiger partial charge in [-0.2, -0.15) is 0 Å². The molecule has 0 bridgehead atoms. The second-order valence-electron chi connectivity index (χ2n) is 6.01. The summed E-state index contributed by atoms with van der Waals surface area (Å²) in [4.78, 5) is 18.1. The highest BCUT2D eigenvalue weighted by molar-refractivity contribution is 5.80. The fourth-order valence-corrected chi connectivity index (χ4v) is 2.21. The summed E-state index contributed by atoms with van der Waals surface area (Å²) in [5, 5.41) is 3.00. The van der Waals surface area contributed by atoms with E-state index in [-0.39, 0.29) is 23.2 Å². The summed E-state index contributed by atoms with van der Waals surface area (Å²) in [5.74, 6) is 0.445. The second-order valence-corrected chi connectivity index (χ2v) is 6.01. The maximum absolute atomic E-state index is 12.8. The highest BCUT2D eigenvalue weighted by atomic mass is 19.1. The first kappa shape index (κ1) is 13.8. The summed E-state index contributed by atoms with van der Waals surface area (Å²) in [7, 11) is 0. The zero-order valence-corrected chi connectivity index (χ0v) is 11.6. The Morgan fingerprint density at radius 2 is 2.21 bits per heavy atom. The lowest BCUT2D eigenvalue weighted by Gasteiger charge is -2.23. The molecule has 2 rings (SSSR count). The molecule has 0 radical (unpaired) electrons. The second kappa shape index (κ2) is 5.15. The van der Waals surface area contributed by atoms with E-state index < -0.39 is 0 Å². The normalized spacial score (nSPS) is 19.6. The van der Waals surface area contributed by atoms with E-state index in [9.17, 15) is 9.18 Å². The topological polar surface area (TPSA) is 45.2 Å². The molecule has 2 heterocycles. The molecule has 1 N–H and O–H groups in total. The van der Waals surface area contributed by atoms with Crippen LogP contribution in [-0.2, 0) is 4.79 Å². The minimum absolute atomic E-state index is 0.0221. The molecule has 1 fully saturated rings. The number of nitrogens with one attached hydrogen (secondary N) is 1. The van der Waals surface area contributed by atoms with Crippen molar-refractivity contribution in [1.29, 1.82) is 0 Å². The Bertz CT molecular complexity index is 453. The van der Waals surface area contributed by atoms with Crippen LogP contribution in [0.25, 0.3) is 0 Å². The van der Waals surface area contributed by atoms with E-state index in [0.29, 0.717) is 6.54 Å². The molecule has 1 unspecified atom stereocenters. The van der Waals surface area contributed by atoms with Crippen molar-refractivity contribution in [2.24, 2.45) is 5.92 Å². The number of hydrogen-bond acceptors (Lipinski definition) is 3. The van der Waals surface area contributed by atoms with Crippen molar-refractivity contribution in [3.63, 3.8) is 0 Å². The number of halogens is 1. The van der Waals surface area contributed by atoms with Crippen molar-refractivity contribution in [2.45, 2.75) is 32.7 Å². The lowest BCUT2D eigenvalue weighted by atomic mass is 10.0. The van der Waals surface area contributed by atoms with Crippen LogP contribution in [0.2, 0.25) is 0 Å². The molecule has 1 aromatic rings. The molecule has 4 nitrogen and oxygen atoms in total. The molecule has 5 heteroatoms. The van der Waals surface area contributed by atoms with Crippen LogP contribution in [0.5, 0.6) is 0 Å². The van der Waals surface area contributed by atoms with Gasteiger partial charge in [-0.1, -0.05) is 0 Å². The summed E-state index contributed by atoms with van der Waals surface area (Å²) in [6, 6.07) is 3.05. The van der Waals surface area contributed by atoms with E-state index in [4.69, 9.17) is 0 Å². The minimum Gasteiger partial charge on any atom is -0.356 e. The number of rotatable bonds is 2. The van der Waals surface area contributed by atoms with Gasteiger partial charge >= 0.3 is 0 Å². The van der Waals surface area contributed by atoms with E-state index in [1.807, 2.05) is 25.7 Å². The van der Waals surface area contributed by atoms with Crippen molar-refractivity contribution < 1.29 is 9.18 Å². The number of hydrogen-bond donors (Lipinski definition) is 1. The van der Waals surface area contributed by atoms with Gasteiger partial charge in [0.15, 0.2) is 0 Å². The smallest absolute Gasteiger partial charge is 0.225 e. The third-order valence-corrected chi connectivity index (χ3v) is 3.09. The quantitative estimate of drug-likeness (QED) is 0.889. The van der Waals surface area contributed by atoms with Crippen molar-refractivity contribution in [2.75, 3.05) is 18.0 Å². The average Bonchev–Trinajstić information content (AvgIpc) is 2.77. The molecule has 1 aromatic heterocycles. The van der Waals surface area contributed by atoms with E-state index in [2.05, 4.69) is 10.3 Å². The maximum Gasteiger partial charge on any atom is 0.225 e. The zero-order chi connectivity index (χ0) is 14.0. The largest absolute Gasteiger partial charge is 0.356 e. The molecule has 19 heavy (non-hydrogen) atoms. The van der Waals surface area contributed by atoms with Gasteiger partial charge < -0.3 is 10.2 Å². The van der Waals surface area contributed by atoms with Crippen LogP contribution >= 0.6 is 0 Å². The van der Waals surface area contributed by atoms with Gasteiger partial charge in [-0.3, -0.25) is 4.79 Å². The SMILES string of the molecule is CC(C)(C)NC(=O)C1CCN(c2ccc(F)cn2)C1. The van der Waals surface area contributed by atoms with Crippen LogP contribution in [0, 0.1) is 11.7 Å². The van der Waals surface area contributed by atoms with Crippen LogP contribution in [0.1, 0.15) is 27.2 Å². The zero-order valence-electron chi connectivity index (χ0n) is 11.6. The Kier molecular flexibility index (Phi) is 3.73. The highest BCUT2D eigenvalue weighted by Crippen LogP contribution is 2.22. The van der Waals surface area contributed by atoms with E-state index in [1.165, 1.54) is 12.3 Å². The Hall–Kier alpha value is -1.65. The van der Waals surface area contributed by atoms with Crippen molar-refractivity contribution in [3.05, 3.63) is 24.1 Å². The molecule has 0 spiro atoms. The molecule has 0 aromatic carbocycles.